The third kappa shape index (κ3) is 7.07. The van der Waals surface area contributed by atoms with Gasteiger partial charge in [0, 0.05) is 26.7 Å². The molecule has 37 heavy (non-hydrogen) atoms. The van der Waals surface area contributed by atoms with E-state index in [1.807, 2.05) is 38.1 Å². The summed E-state index contributed by atoms with van der Waals surface area (Å²) in [7, 11) is -1.57. The quantitative estimate of drug-likeness (QED) is 0.479. The Kier molecular flexibility index (Phi) is 9.67. The summed E-state index contributed by atoms with van der Waals surface area (Å²) in [6.45, 7) is 3.23. The van der Waals surface area contributed by atoms with E-state index in [1.54, 1.807) is 0 Å². The predicted octanol–water partition coefficient (Wildman–Crippen LogP) is 3.61. The molecule has 0 bridgehead atoms. The minimum absolute atomic E-state index is 0.0712. The molecule has 1 saturated carbocycles. The summed E-state index contributed by atoms with van der Waals surface area (Å²) >= 11 is 0. The van der Waals surface area contributed by atoms with Crippen molar-refractivity contribution >= 4 is 27.7 Å². The lowest BCUT2D eigenvalue weighted by Crippen LogP contribution is -2.54. The Bertz CT molecular complexity index is 1180. The van der Waals surface area contributed by atoms with E-state index in [0.29, 0.717) is 6.42 Å². The smallest absolute Gasteiger partial charge is 0.304 e. The fourth-order valence-corrected chi connectivity index (χ4v) is 5.60. The van der Waals surface area contributed by atoms with Crippen LogP contribution in [0.2, 0.25) is 0 Å². The van der Waals surface area contributed by atoms with Crippen LogP contribution in [0.3, 0.4) is 0 Å². The second kappa shape index (κ2) is 12.5. The maximum Gasteiger partial charge on any atom is 0.304 e. The molecule has 3 rings (SSSR count). The first-order chi connectivity index (χ1) is 17.5. The minimum atomic E-state index is -4.21. The van der Waals surface area contributed by atoms with Crippen molar-refractivity contribution in [2.75, 3.05) is 24.9 Å². The van der Waals surface area contributed by atoms with E-state index in [4.69, 9.17) is 0 Å². The molecule has 2 aromatic rings. The third-order valence-electron chi connectivity index (χ3n) is 6.70. The highest BCUT2D eigenvalue weighted by Gasteiger charge is 2.35. The first-order valence-electron chi connectivity index (χ1n) is 12.6. The highest BCUT2D eigenvalue weighted by atomic mass is 32.2. The lowest BCUT2D eigenvalue weighted by atomic mass is 10.1. The van der Waals surface area contributed by atoms with E-state index >= 15 is 0 Å². The van der Waals surface area contributed by atoms with Gasteiger partial charge in [-0.3, -0.25) is 9.59 Å². The molecule has 2 amide bonds. The van der Waals surface area contributed by atoms with Gasteiger partial charge in [-0.25, -0.2) is 8.70 Å². The van der Waals surface area contributed by atoms with Gasteiger partial charge in [-0.2, -0.15) is 12.7 Å². The number of amides is 2. The first kappa shape index (κ1) is 28.6. The van der Waals surface area contributed by atoms with E-state index in [9.17, 15) is 22.4 Å². The second-order valence-corrected chi connectivity index (χ2v) is 11.7. The van der Waals surface area contributed by atoms with Gasteiger partial charge in [-0.1, -0.05) is 61.7 Å². The Balaban J connectivity index is 1.97. The van der Waals surface area contributed by atoms with Crippen LogP contribution in [0, 0.1) is 12.7 Å². The van der Waals surface area contributed by atoms with Crippen molar-refractivity contribution in [1.82, 2.24) is 14.5 Å². The maximum absolute atomic E-state index is 14.7. The zero-order chi connectivity index (χ0) is 27.2. The van der Waals surface area contributed by atoms with E-state index < -0.39 is 34.5 Å². The van der Waals surface area contributed by atoms with Crippen molar-refractivity contribution in [1.29, 1.82) is 0 Å². The highest BCUT2D eigenvalue weighted by Crippen LogP contribution is 2.24. The van der Waals surface area contributed by atoms with Crippen LogP contribution in [0.5, 0.6) is 0 Å². The van der Waals surface area contributed by atoms with Gasteiger partial charge in [0.2, 0.25) is 11.8 Å². The number of carbonyl (C=O) groups is 2. The number of anilines is 1. The third-order valence-corrected chi connectivity index (χ3v) is 8.51. The number of rotatable bonds is 11. The Morgan fingerprint density at radius 2 is 1.68 bits per heavy atom. The van der Waals surface area contributed by atoms with Crippen molar-refractivity contribution in [3.05, 3.63) is 65.5 Å². The molecule has 10 heteroatoms. The van der Waals surface area contributed by atoms with Gasteiger partial charge in [0.25, 0.3) is 0 Å². The molecule has 2 aromatic carbocycles. The average molecular weight is 533 g/mol. The molecule has 8 nitrogen and oxygen atoms in total. The van der Waals surface area contributed by atoms with Crippen LogP contribution in [0.15, 0.2) is 48.5 Å². The topological polar surface area (TPSA) is 90.0 Å². The van der Waals surface area contributed by atoms with E-state index in [-0.39, 0.29) is 24.2 Å². The van der Waals surface area contributed by atoms with E-state index in [2.05, 4.69) is 5.32 Å². The summed E-state index contributed by atoms with van der Waals surface area (Å²) in [5.41, 5.74) is 1.62. The summed E-state index contributed by atoms with van der Waals surface area (Å²) in [5, 5.41) is 3.07. The van der Waals surface area contributed by atoms with Gasteiger partial charge in [-0.15, -0.1) is 0 Å². The maximum atomic E-state index is 14.7. The van der Waals surface area contributed by atoms with Crippen LogP contribution in [0.25, 0.3) is 0 Å². The number of carbonyl (C=O) groups excluding carboxylic acids is 2. The number of halogens is 1. The molecular formula is C27H37FN4O4S. The zero-order valence-corrected chi connectivity index (χ0v) is 22.8. The lowest BCUT2D eigenvalue weighted by Gasteiger charge is -2.34. The van der Waals surface area contributed by atoms with Gasteiger partial charge in [0.05, 0.1) is 5.69 Å². The number of nitrogens with zero attached hydrogens (tertiary/aromatic N) is 3. The molecule has 1 N–H and O–H groups in total. The minimum Gasteiger partial charge on any atom is -0.352 e. The number of aryl methyl sites for hydroxylation is 1. The first-order valence-corrected chi connectivity index (χ1v) is 14.0. The Labute approximate surface area is 219 Å². The van der Waals surface area contributed by atoms with Crippen LogP contribution >= 0.6 is 0 Å². The van der Waals surface area contributed by atoms with Crippen LogP contribution in [0.4, 0.5) is 10.1 Å². The Morgan fingerprint density at radius 3 is 2.24 bits per heavy atom. The molecule has 0 spiro atoms. The number of hydrogen-bond donors (Lipinski definition) is 1. The van der Waals surface area contributed by atoms with Crippen LogP contribution in [-0.2, 0) is 26.3 Å². The number of benzene rings is 2. The Morgan fingerprint density at radius 1 is 1.05 bits per heavy atom. The average Bonchev–Trinajstić information content (AvgIpc) is 3.37. The number of hydrogen-bond acceptors (Lipinski definition) is 4. The van der Waals surface area contributed by atoms with Crippen LogP contribution in [-0.4, -0.2) is 62.2 Å². The zero-order valence-electron chi connectivity index (χ0n) is 22.0. The van der Waals surface area contributed by atoms with E-state index in [1.165, 1.54) is 37.2 Å². The summed E-state index contributed by atoms with van der Waals surface area (Å²) in [5.74, 6) is -1.62. The molecule has 1 fully saturated rings. The summed E-state index contributed by atoms with van der Waals surface area (Å²) in [6, 6.07) is 12.3. The van der Waals surface area contributed by atoms with Gasteiger partial charge >= 0.3 is 10.2 Å². The molecule has 1 atom stereocenters. The molecule has 0 radical (unpaired) electrons. The molecular weight excluding hydrogens is 495 g/mol. The SMILES string of the molecule is CCC(C(=O)NC1CCCC1)N(Cc1ccc(C)cc1)C(=O)CN(c1ccccc1F)S(=O)(=O)N(C)C. The van der Waals surface area contributed by atoms with Gasteiger partial charge in [0.15, 0.2) is 0 Å². The second-order valence-electron chi connectivity index (χ2n) is 9.67. The molecule has 1 unspecified atom stereocenters. The van der Waals surface area contributed by atoms with Gasteiger partial charge < -0.3 is 10.2 Å². The summed E-state index contributed by atoms with van der Waals surface area (Å²) < 4.78 is 42.8. The van der Waals surface area contributed by atoms with Gasteiger partial charge in [0.1, 0.15) is 18.4 Å². The van der Waals surface area contributed by atoms with Crippen LogP contribution in [0.1, 0.15) is 50.2 Å². The van der Waals surface area contributed by atoms with Crippen molar-refractivity contribution in [2.45, 2.75) is 64.6 Å². The lowest BCUT2D eigenvalue weighted by molar-refractivity contribution is -0.140. The molecule has 0 aliphatic heterocycles. The fourth-order valence-electron chi connectivity index (χ4n) is 4.53. The van der Waals surface area contributed by atoms with Crippen molar-refractivity contribution < 1.29 is 22.4 Å². The highest BCUT2D eigenvalue weighted by molar-refractivity contribution is 7.90. The molecule has 0 saturated heterocycles. The summed E-state index contributed by atoms with van der Waals surface area (Å²) in [4.78, 5) is 28.6. The van der Waals surface area contributed by atoms with Crippen molar-refractivity contribution in [2.24, 2.45) is 0 Å². The standard InChI is InChI=1S/C27H37FN4O4S/c1-5-24(27(34)29-22-10-6-7-11-22)31(18-21-16-14-20(2)15-17-21)26(33)19-32(37(35,36)30(3)4)25-13-9-8-12-23(25)28/h8-9,12-17,22,24H,5-7,10-11,18-19H2,1-4H3,(H,29,34). The monoisotopic (exact) mass is 532 g/mol. The Hall–Kier alpha value is -2.98. The summed E-state index contributed by atoms with van der Waals surface area (Å²) in [6.07, 6.45) is 4.24. The van der Waals surface area contributed by atoms with Crippen molar-refractivity contribution in [3.63, 3.8) is 0 Å². The van der Waals surface area contributed by atoms with Gasteiger partial charge in [-0.05, 0) is 43.9 Å². The molecule has 0 aromatic heterocycles. The van der Waals surface area contributed by atoms with Crippen LogP contribution < -0.4 is 9.62 Å². The fraction of sp³-hybridized carbons (Fsp3) is 0.481. The largest absolute Gasteiger partial charge is 0.352 e. The normalized spacial score (nSPS) is 15.0. The van der Waals surface area contributed by atoms with E-state index in [0.717, 1.165) is 51.5 Å². The number of para-hydroxylation sites is 1. The molecule has 0 heterocycles. The molecule has 1 aliphatic carbocycles. The van der Waals surface area contributed by atoms with Crippen molar-refractivity contribution in [3.8, 4) is 0 Å². The molecule has 1 aliphatic rings. The predicted molar refractivity (Wildman–Crippen MR) is 143 cm³/mol. The number of nitrogens with one attached hydrogen (secondary N) is 1. The molecule has 202 valence electrons.